The molecule has 4 rings (SSSR count). The Hall–Kier alpha value is -2.66. The minimum absolute atomic E-state index is 0.0198. The maximum absolute atomic E-state index is 12.9. The molecule has 176 valence electrons. The Morgan fingerprint density at radius 3 is 2.61 bits per heavy atom. The van der Waals surface area contributed by atoms with Crippen LogP contribution in [-0.4, -0.2) is 63.9 Å². The summed E-state index contributed by atoms with van der Waals surface area (Å²) in [6.45, 7) is 1.88. The quantitative estimate of drug-likeness (QED) is 0.634. The molecule has 1 saturated heterocycles. The number of benzene rings is 2. The highest BCUT2D eigenvalue weighted by Gasteiger charge is 2.27. The summed E-state index contributed by atoms with van der Waals surface area (Å²) < 4.78 is 32.5. The lowest BCUT2D eigenvalue weighted by Crippen LogP contribution is -2.40. The molecule has 2 aliphatic rings. The number of ether oxygens (including phenoxy) is 1. The zero-order valence-corrected chi connectivity index (χ0v) is 19.5. The van der Waals surface area contributed by atoms with E-state index in [9.17, 15) is 18.0 Å². The topological polar surface area (TPSA) is 122 Å². The van der Waals surface area contributed by atoms with Crippen LogP contribution in [0.25, 0.3) is 0 Å². The summed E-state index contributed by atoms with van der Waals surface area (Å²) in [7, 11) is -3.73. The average Bonchev–Trinajstić information content (AvgIpc) is 2.80. The monoisotopic (exact) mass is 492 g/mol. The maximum Gasteiger partial charge on any atom is 0.249 e. The summed E-state index contributed by atoms with van der Waals surface area (Å²) in [5, 5.41) is 2.96. The number of carbonyl (C=O) groups excluding carboxylic acids is 2. The number of hydrogen-bond acceptors (Lipinski definition) is 6. The van der Waals surface area contributed by atoms with Gasteiger partial charge in [-0.15, -0.1) is 0 Å². The van der Waals surface area contributed by atoms with Gasteiger partial charge in [-0.2, -0.15) is 4.31 Å². The molecule has 2 aromatic carbocycles. The average molecular weight is 493 g/mol. The van der Waals surface area contributed by atoms with Crippen LogP contribution in [0.1, 0.15) is 22.3 Å². The summed E-state index contributed by atoms with van der Waals surface area (Å²) in [4.78, 5) is 26.5. The summed E-state index contributed by atoms with van der Waals surface area (Å²) >= 11 is 6.25. The van der Waals surface area contributed by atoms with Crippen molar-refractivity contribution < 1.29 is 22.7 Å². The predicted molar refractivity (Wildman–Crippen MR) is 125 cm³/mol. The molecular formula is C22H25ClN4O5S. The zero-order valence-electron chi connectivity index (χ0n) is 17.9. The normalized spacial score (nSPS) is 16.8. The van der Waals surface area contributed by atoms with Crippen molar-refractivity contribution in [1.82, 2.24) is 4.31 Å². The number of nitrogens with one attached hydrogen (secondary N) is 1. The highest BCUT2D eigenvalue weighted by molar-refractivity contribution is 7.89. The highest BCUT2D eigenvalue weighted by Crippen LogP contribution is 2.31. The van der Waals surface area contributed by atoms with Crippen LogP contribution in [0, 0.1) is 0 Å². The lowest BCUT2D eigenvalue weighted by atomic mass is 9.96. The first-order chi connectivity index (χ1) is 15.8. The molecule has 0 bridgehead atoms. The molecule has 33 heavy (non-hydrogen) atoms. The maximum atomic E-state index is 12.9. The van der Waals surface area contributed by atoms with Crippen LogP contribution < -0.4 is 16.0 Å². The number of sulfonamides is 1. The third kappa shape index (κ3) is 4.98. The van der Waals surface area contributed by atoms with Crippen molar-refractivity contribution in [2.45, 2.75) is 17.7 Å². The fraction of sp³-hybridized carbons (Fsp3) is 0.364. The van der Waals surface area contributed by atoms with Gasteiger partial charge in [0.15, 0.2) is 0 Å². The first-order valence-corrected chi connectivity index (χ1v) is 12.4. The molecule has 9 nitrogen and oxygen atoms in total. The molecule has 0 aliphatic carbocycles. The van der Waals surface area contributed by atoms with Crippen molar-refractivity contribution in [2.75, 3.05) is 49.6 Å². The summed E-state index contributed by atoms with van der Waals surface area (Å²) in [6, 6.07) is 9.54. The number of primary amides is 1. The van der Waals surface area contributed by atoms with Gasteiger partial charge >= 0.3 is 0 Å². The van der Waals surface area contributed by atoms with Crippen LogP contribution in [0.2, 0.25) is 5.02 Å². The zero-order chi connectivity index (χ0) is 23.6. The molecule has 0 saturated carbocycles. The van der Waals surface area contributed by atoms with Crippen molar-refractivity contribution in [3.63, 3.8) is 0 Å². The number of amides is 2. The van der Waals surface area contributed by atoms with E-state index in [0.717, 1.165) is 17.7 Å². The number of nitrogens with zero attached hydrogens (tertiary/aromatic N) is 2. The van der Waals surface area contributed by atoms with Crippen LogP contribution in [0.15, 0.2) is 41.3 Å². The molecule has 1 fully saturated rings. The molecular weight excluding hydrogens is 468 g/mol. The number of halogens is 1. The molecule has 3 N–H and O–H groups in total. The number of rotatable bonds is 6. The van der Waals surface area contributed by atoms with Crippen LogP contribution in [0.5, 0.6) is 0 Å². The summed E-state index contributed by atoms with van der Waals surface area (Å²) in [6.07, 6.45) is 1.48. The minimum atomic E-state index is -3.73. The summed E-state index contributed by atoms with van der Waals surface area (Å²) in [5.74, 6) is -0.849. The van der Waals surface area contributed by atoms with Gasteiger partial charge < -0.3 is 20.7 Å². The van der Waals surface area contributed by atoms with Crippen molar-refractivity contribution in [2.24, 2.45) is 5.73 Å². The first kappa shape index (κ1) is 23.5. The molecule has 11 heteroatoms. The van der Waals surface area contributed by atoms with E-state index in [1.807, 2.05) is 11.0 Å². The second-order valence-electron chi connectivity index (χ2n) is 7.90. The molecule has 0 aromatic heterocycles. The van der Waals surface area contributed by atoms with Crippen LogP contribution in [0.3, 0.4) is 0 Å². The number of nitrogens with two attached hydrogens (primary N) is 1. The Morgan fingerprint density at radius 1 is 1.12 bits per heavy atom. The molecule has 0 unspecified atom stereocenters. The minimum Gasteiger partial charge on any atom is -0.379 e. The fourth-order valence-corrected chi connectivity index (χ4v) is 5.76. The van der Waals surface area contributed by atoms with E-state index >= 15 is 0 Å². The van der Waals surface area contributed by atoms with E-state index in [1.54, 1.807) is 12.1 Å². The van der Waals surface area contributed by atoms with Gasteiger partial charge in [-0.1, -0.05) is 17.7 Å². The van der Waals surface area contributed by atoms with E-state index < -0.39 is 15.9 Å². The Bertz CT molecular complexity index is 1180. The van der Waals surface area contributed by atoms with Crippen LogP contribution >= 0.6 is 11.6 Å². The van der Waals surface area contributed by atoms with Gasteiger partial charge in [-0.05, 0) is 48.7 Å². The van der Waals surface area contributed by atoms with Crippen molar-refractivity contribution in [3.8, 4) is 0 Å². The standard InChI is InChI=1S/C22H25ClN4O5S/c23-18-7-6-15(33(30,31)27-9-11-32-12-10-27)13-19(18)25-21(28)14-26-8-2-4-16-17(22(24)29)3-1-5-20(16)26/h1,3,5-7,13H,2,4,8-12,14H2,(H2,24,29)(H,25,28). The van der Waals surface area contributed by atoms with Crippen molar-refractivity contribution >= 4 is 44.8 Å². The van der Waals surface area contributed by atoms with E-state index in [-0.39, 0.29) is 41.1 Å². The molecule has 2 amide bonds. The van der Waals surface area contributed by atoms with Crippen LogP contribution in [-0.2, 0) is 26.0 Å². The molecule has 0 spiro atoms. The predicted octanol–water partition coefficient (Wildman–Crippen LogP) is 1.85. The fourth-order valence-electron chi connectivity index (χ4n) is 4.16. The second kappa shape index (κ2) is 9.68. The van der Waals surface area contributed by atoms with Gasteiger partial charge in [0, 0.05) is 30.9 Å². The van der Waals surface area contributed by atoms with Crippen molar-refractivity contribution in [1.29, 1.82) is 0 Å². The molecule has 2 heterocycles. The number of fused-ring (bicyclic) bond motifs is 1. The van der Waals surface area contributed by atoms with Gasteiger partial charge in [-0.3, -0.25) is 9.59 Å². The van der Waals surface area contributed by atoms with E-state index in [0.29, 0.717) is 31.7 Å². The van der Waals surface area contributed by atoms with Gasteiger partial charge in [-0.25, -0.2) is 8.42 Å². The Morgan fingerprint density at radius 2 is 1.88 bits per heavy atom. The number of morpholine rings is 1. The largest absolute Gasteiger partial charge is 0.379 e. The molecule has 2 aliphatic heterocycles. The number of hydrogen-bond donors (Lipinski definition) is 2. The van der Waals surface area contributed by atoms with Crippen molar-refractivity contribution in [3.05, 3.63) is 52.5 Å². The number of anilines is 2. The first-order valence-electron chi connectivity index (χ1n) is 10.6. The van der Waals surface area contributed by atoms with Gasteiger partial charge in [0.05, 0.1) is 35.4 Å². The summed E-state index contributed by atoms with van der Waals surface area (Å²) in [5.41, 5.74) is 7.80. The highest BCUT2D eigenvalue weighted by atomic mass is 35.5. The smallest absolute Gasteiger partial charge is 0.249 e. The number of carbonyl (C=O) groups is 2. The SMILES string of the molecule is NC(=O)c1cccc2c1CCCN2CC(=O)Nc1cc(S(=O)(=O)N2CCOCC2)ccc1Cl. The molecule has 2 aromatic rings. The Balaban J connectivity index is 1.52. The lowest BCUT2D eigenvalue weighted by Gasteiger charge is -2.31. The third-order valence-electron chi connectivity index (χ3n) is 5.77. The molecule has 0 radical (unpaired) electrons. The second-order valence-corrected chi connectivity index (χ2v) is 10.2. The lowest BCUT2D eigenvalue weighted by molar-refractivity contribution is -0.115. The van der Waals surface area contributed by atoms with E-state index in [4.69, 9.17) is 22.1 Å². The van der Waals surface area contributed by atoms with Gasteiger partial charge in [0.1, 0.15) is 0 Å². The van der Waals surface area contributed by atoms with Gasteiger partial charge in [0.25, 0.3) is 0 Å². The van der Waals surface area contributed by atoms with Gasteiger partial charge in [0.2, 0.25) is 21.8 Å². The van der Waals surface area contributed by atoms with E-state index in [1.165, 1.54) is 22.5 Å². The Labute approximate surface area is 197 Å². The molecule has 0 atom stereocenters. The third-order valence-corrected chi connectivity index (χ3v) is 7.99. The van der Waals surface area contributed by atoms with Crippen LogP contribution in [0.4, 0.5) is 11.4 Å². The Kier molecular flexibility index (Phi) is 6.89. The van der Waals surface area contributed by atoms with E-state index in [2.05, 4.69) is 5.32 Å².